The molecule has 0 fully saturated rings. The van der Waals surface area contributed by atoms with E-state index in [0.717, 1.165) is 11.4 Å². The Morgan fingerprint density at radius 1 is 1.58 bits per heavy atom. The summed E-state index contributed by atoms with van der Waals surface area (Å²) in [6.45, 7) is 2.03. The fourth-order valence-electron chi connectivity index (χ4n) is 1.57. The monoisotopic (exact) mass is 297 g/mol. The molecule has 2 aromatic rings. The first kappa shape index (κ1) is 13.8. The van der Waals surface area contributed by atoms with Gasteiger partial charge in [-0.15, -0.1) is 11.3 Å². The first-order chi connectivity index (χ1) is 9.11. The van der Waals surface area contributed by atoms with Gasteiger partial charge in [0.05, 0.1) is 16.6 Å². The predicted octanol–water partition coefficient (Wildman–Crippen LogP) is 3.45. The van der Waals surface area contributed by atoms with Crippen LogP contribution in [0.25, 0.3) is 0 Å². The van der Waals surface area contributed by atoms with Crippen molar-refractivity contribution in [1.82, 2.24) is 9.97 Å². The summed E-state index contributed by atoms with van der Waals surface area (Å²) in [6, 6.07) is 1.40. The average Bonchev–Trinajstić information content (AvgIpc) is 2.91. The Bertz CT molecular complexity index is 574. The van der Waals surface area contributed by atoms with Crippen molar-refractivity contribution in [1.29, 1.82) is 0 Å². The maximum atomic E-state index is 10.8. The Balaban J connectivity index is 2.21. The van der Waals surface area contributed by atoms with Crippen LogP contribution in [0.2, 0.25) is 5.02 Å². The van der Waals surface area contributed by atoms with Crippen molar-refractivity contribution in [3.63, 3.8) is 0 Å². The van der Waals surface area contributed by atoms with E-state index in [1.807, 2.05) is 12.3 Å². The maximum absolute atomic E-state index is 10.8. The zero-order valence-electron chi connectivity index (χ0n) is 10.1. The Morgan fingerprint density at radius 2 is 2.37 bits per heavy atom. The molecule has 2 aromatic heterocycles. The smallest absolute Gasteiger partial charge is 0.337 e. The summed E-state index contributed by atoms with van der Waals surface area (Å²) in [6.07, 6.45) is 3.85. The SMILES string of the molecule is CCC(Nc1ncc(C(=O)O)cc1Cl)c1nccs1. The Kier molecular flexibility index (Phi) is 4.34. The third kappa shape index (κ3) is 3.21. The van der Waals surface area contributed by atoms with E-state index in [4.69, 9.17) is 16.7 Å². The number of anilines is 1. The Labute approximate surface area is 119 Å². The molecular formula is C12H12ClN3O2S. The van der Waals surface area contributed by atoms with Gasteiger partial charge in [-0.25, -0.2) is 14.8 Å². The van der Waals surface area contributed by atoms with E-state index in [1.165, 1.54) is 12.3 Å². The first-order valence-corrected chi connectivity index (χ1v) is 6.92. The highest BCUT2D eigenvalue weighted by Crippen LogP contribution is 2.27. The lowest BCUT2D eigenvalue weighted by molar-refractivity contribution is 0.0696. The summed E-state index contributed by atoms with van der Waals surface area (Å²) in [4.78, 5) is 19.1. The third-order valence-corrected chi connectivity index (χ3v) is 3.73. The summed E-state index contributed by atoms with van der Waals surface area (Å²) in [5.74, 6) is -0.582. The molecule has 19 heavy (non-hydrogen) atoms. The van der Waals surface area contributed by atoms with E-state index >= 15 is 0 Å². The molecule has 0 bridgehead atoms. The summed E-state index contributed by atoms with van der Waals surface area (Å²) in [7, 11) is 0. The normalized spacial score (nSPS) is 12.1. The molecule has 2 heterocycles. The van der Waals surface area contributed by atoms with Gasteiger partial charge in [-0.05, 0) is 12.5 Å². The van der Waals surface area contributed by atoms with Gasteiger partial charge in [-0.2, -0.15) is 0 Å². The molecule has 0 aliphatic rings. The van der Waals surface area contributed by atoms with E-state index in [1.54, 1.807) is 17.5 Å². The van der Waals surface area contributed by atoms with Crippen LogP contribution in [-0.2, 0) is 0 Å². The van der Waals surface area contributed by atoms with Gasteiger partial charge in [0.15, 0.2) is 0 Å². The molecule has 0 aliphatic carbocycles. The van der Waals surface area contributed by atoms with Crippen LogP contribution in [0.15, 0.2) is 23.8 Å². The fourth-order valence-corrected chi connectivity index (χ4v) is 2.56. The molecule has 2 N–H and O–H groups in total. The number of carboxylic acid groups (broad SMARTS) is 1. The van der Waals surface area contributed by atoms with Crippen molar-refractivity contribution in [2.75, 3.05) is 5.32 Å². The minimum atomic E-state index is -1.05. The molecule has 0 saturated heterocycles. The zero-order chi connectivity index (χ0) is 13.8. The summed E-state index contributed by atoms with van der Waals surface area (Å²) in [5.41, 5.74) is 0.0675. The molecule has 0 spiro atoms. The van der Waals surface area contributed by atoms with Crippen LogP contribution < -0.4 is 5.32 Å². The van der Waals surface area contributed by atoms with Crippen molar-refractivity contribution in [2.45, 2.75) is 19.4 Å². The molecule has 0 aliphatic heterocycles. The Hall–Kier alpha value is -1.66. The van der Waals surface area contributed by atoms with E-state index in [-0.39, 0.29) is 16.6 Å². The van der Waals surface area contributed by atoms with Crippen LogP contribution in [0, 0.1) is 0 Å². The van der Waals surface area contributed by atoms with Crippen LogP contribution in [0.3, 0.4) is 0 Å². The quantitative estimate of drug-likeness (QED) is 0.884. The number of nitrogens with zero attached hydrogens (tertiary/aromatic N) is 2. The number of halogens is 1. The number of carbonyl (C=O) groups is 1. The number of aromatic carboxylic acids is 1. The largest absolute Gasteiger partial charge is 0.478 e. The number of nitrogens with one attached hydrogen (secondary N) is 1. The highest BCUT2D eigenvalue weighted by atomic mass is 35.5. The topological polar surface area (TPSA) is 75.1 Å². The van der Waals surface area contributed by atoms with Crippen molar-refractivity contribution < 1.29 is 9.90 Å². The van der Waals surface area contributed by atoms with Crippen molar-refractivity contribution >= 4 is 34.7 Å². The van der Waals surface area contributed by atoms with Gasteiger partial charge in [0.25, 0.3) is 0 Å². The molecule has 0 aromatic carbocycles. The van der Waals surface area contributed by atoms with Gasteiger partial charge >= 0.3 is 5.97 Å². The maximum Gasteiger partial charge on any atom is 0.337 e. The second kappa shape index (κ2) is 5.99. The van der Waals surface area contributed by atoms with E-state index in [9.17, 15) is 4.79 Å². The number of pyridine rings is 1. The van der Waals surface area contributed by atoms with Gasteiger partial charge < -0.3 is 10.4 Å². The van der Waals surface area contributed by atoms with Crippen LogP contribution >= 0.6 is 22.9 Å². The molecule has 1 atom stereocenters. The number of carboxylic acids is 1. The third-order valence-electron chi connectivity index (χ3n) is 2.56. The van der Waals surface area contributed by atoms with Crippen LogP contribution in [0.5, 0.6) is 0 Å². The molecule has 7 heteroatoms. The van der Waals surface area contributed by atoms with Crippen LogP contribution in [0.1, 0.15) is 34.8 Å². The lowest BCUT2D eigenvalue weighted by Gasteiger charge is -2.16. The van der Waals surface area contributed by atoms with Crippen molar-refractivity contribution in [3.8, 4) is 0 Å². The van der Waals surface area contributed by atoms with Crippen LogP contribution in [-0.4, -0.2) is 21.0 Å². The average molecular weight is 298 g/mol. The molecule has 100 valence electrons. The summed E-state index contributed by atoms with van der Waals surface area (Å²) >= 11 is 7.58. The predicted molar refractivity (Wildman–Crippen MR) is 75.0 cm³/mol. The zero-order valence-corrected chi connectivity index (χ0v) is 11.7. The van der Waals surface area contributed by atoms with E-state index in [2.05, 4.69) is 15.3 Å². The molecule has 5 nitrogen and oxygen atoms in total. The van der Waals surface area contributed by atoms with Crippen molar-refractivity contribution in [3.05, 3.63) is 39.4 Å². The summed E-state index contributed by atoms with van der Waals surface area (Å²) < 4.78 is 0. The lowest BCUT2D eigenvalue weighted by Crippen LogP contribution is -2.11. The van der Waals surface area contributed by atoms with E-state index in [0.29, 0.717) is 5.82 Å². The molecule has 0 amide bonds. The standard InChI is InChI=1S/C12H12ClN3O2S/c1-2-9(11-14-3-4-19-11)16-10-8(13)5-7(6-15-10)12(17)18/h3-6,9H,2H2,1H3,(H,15,16)(H,17,18). The second-order valence-electron chi connectivity index (χ2n) is 3.84. The number of hydrogen-bond acceptors (Lipinski definition) is 5. The molecule has 0 radical (unpaired) electrons. The fraction of sp³-hybridized carbons (Fsp3) is 0.250. The molecule has 0 saturated carbocycles. The highest BCUT2D eigenvalue weighted by molar-refractivity contribution is 7.09. The molecular weight excluding hydrogens is 286 g/mol. The van der Waals surface area contributed by atoms with E-state index < -0.39 is 5.97 Å². The minimum absolute atomic E-state index is 0.0145. The van der Waals surface area contributed by atoms with Crippen molar-refractivity contribution in [2.24, 2.45) is 0 Å². The summed E-state index contributed by atoms with van der Waals surface area (Å²) in [5, 5.41) is 15.2. The highest BCUT2D eigenvalue weighted by Gasteiger charge is 2.15. The molecule has 2 rings (SSSR count). The minimum Gasteiger partial charge on any atom is -0.478 e. The van der Waals surface area contributed by atoms with Crippen LogP contribution in [0.4, 0.5) is 5.82 Å². The number of thiazole rings is 1. The number of aromatic nitrogens is 2. The van der Waals surface area contributed by atoms with Gasteiger partial charge in [0.1, 0.15) is 10.8 Å². The lowest BCUT2D eigenvalue weighted by atomic mass is 10.2. The Morgan fingerprint density at radius 3 is 2.89 bits per heavy atom. The van der Waals surface area contributed by atoms with Gasteiger partial charge in [-0.1, -0.05) is 18.5 Å². The number of hydrogen-bond donors (Lipinski definition) is 2. The van der Waals surface area contributed by atoms with Gasteiger partial charge in [0.2, 0.25) is 0 Å². The second-order valence-corrected chi connectivity index (χ2v) is 5.17. The number of rotatable bonds is 5. The van der Waals surface area contributed by atoms with Gasteiger partial charge in [0, 0.05) is 17.8 Å². The molecule has 1 unspecified atom stereocenters. The first-order valence-electron chi connectivity index (χ1n) is 5.66. The van der Waals surface area contributed by atoms with Gasteiger partial charge in [-0.3, -0.25) is 0 Å².